The Hall–Kier alpha value is -2.89. The van der Waals surface area contributed by atoms with Crippen molar-refractivity contribution in [3.05, 3.63) is 59.5 Å². The number of benzene rings is 1. The molecule has 3 rings (SSSR count). The highest BCUT2D eigenvalue weighted by Crippen LogP contribution is 2.12. The molecule has 0 atom stereocenters. The summed E-state index contributed by atoms with van der Waals surface area (Å²) in [5, 5.41) is 7.35. The van der Waals surface area contributed by atoms with Crippen LogP contribution in [0.2, 0.25) is 0 Å². The summed E-state index contributed by atoms with van der Waals surface area (Å²) in [4.78, 5) is 16.4. The minimum Gasteiger partial charge on any atom is -0.497 e. The van der Waals surface area contributed by atoms with Gasteiger partial charge in [0.1, 0.15) is 5.75 Å². The molecule has 0 bridgehead atoms. The molecule has 1 aromatic carbocycles. The van der Waals surface area contributed by atoms with Crippen LogP contribution in [0, 0.1) is 6.92 Å². The van der Waals surface area contributed by atoms with E-state index in [2.05, 4.69) is 15.4 Å². The predicted molar refractivity (Wildman–Crippen MR) is 100 cm³/mol. The number of nitrogens with zero attached hydrogens (tertiary/aromatic N) is 3. The number of aromatic nitrogens is 3. The molecule has 3 aromatic rings. The van der Waals surface area contributed by atoms with E-state index in [0.717, 1.165) is 47.5 Å². The van der Waals surface area contributed by atoms with Crippen LogP contribution in [0.5, 0.6) is 5.75 Å². The summed E-state index contributed by atoms with van der Waals surface area (Å²) in [6, 6.07) is 9.77. The lowest BCUT2D eigenvalue weighted by molar-refractivity contribution is -0.121. The Morgan fingerprint density at radius 1 is 1.19 bits per heavy atom. The summed E-state index contributed by atoms with van der Waals surface area (Å²) < 4.78 is 6.94. The molecule has 0 radical (unpaired) electrons. The lowest BCUT2D eigenvalue weighted by Gasteiger charge is -2.06. The van der Waals surface area contributed by atoms with Gasteiger partial charge in [-0.25, -0.2) is 9.50 Å². The lowest BCUT2D eigenvalue weighted by Crippen LogP contribution is -2.25. The number of rotatable bonds is 8. The summed E-state index contributed by atoms with van der Waals surface area (Å²) in [5.74, 6) is 0.910. The number of nitrogens with one attached hydrogen (secondary N) is 1. The summed E-state index contributed by atoms with van der Waals surface area (Å²) in [5.41, 5.74) is 4.07. The zero-order valence-corrected chi connectivity index (χ0v) is 15.2. The van der Waals surface area contributed by atoms with Crippen molar-refractivity contribution in [2.75, 3.05) is 13.7 Å². The number of fused-ring (bicyclic) bond motifs is 1. The largest absolute Gasteiger partial charge is 0.497 e. The van der Waals surface area contributed by atoms with Crippen LogP contribution in [-0.4, -0.2) is 34.2 Å². The van der Waals surface area contributed by atoms with Crippen molar-refractivity contribution in [3.63, 3.8) is 0 Å². The zero-order valence-electron chi connectivity index (χ0n) is 15.2. The molecule has 0 aliphatic carbocycles. The lowest BCUT2D eigenvalue weighted by atomic mass is 10.1. The van der Waals surface area contributed by atoms with Gasteiger partial charge in [-0.15, -0.1) is 0 Å². The van der Waals surface area contributed by atoms with Crippen molar-refractivity contribution in [2.24, 2.45) is 0 Å². The molecule has 0 aliphatic rings. The van der Waals surface area contributed by atoms with Crippen molar-refractivity contribution in [1.29, 1.82) is 0 Å². The molecular weight excluding hydrogens is 328 g/mol. The molecule has 0 saturated heterocycles. The third-order valence-corrected chi connectivity index (χ3v) is 4.25. The summed E-state index contributed by atoms with van der Waals surface area (Å²) in [6.07, 6.45) is 6.84. The number of hydrogen-bond donors (Lipinski definition) is 1. The molecule has 0 aliphatic heterocycles. The van der Waals surface area contributed by atoms with Crippen molar-refractivity contribution in [1.82, 2.24) is 19.9 Å². The molecule has 6 nitrogen and oxygen atoms in total. The maximum Gasteiger partial charge on any atom is 0.220 e. The Morgan fingerprint density at radius 3 is 2.77 bits per heavy atom. The van der Waals surface area contributed by atoms with Gasteiger partial charge in [0.2, 0.25) is 5.91 Å². The molecular formula is C20H24N4O2. The minimum absolute atomic E-state index is 0.0806. The highest BCUT2D eigenvalue weighted by Gasteiger charge is 2.04. The standard InChI is InChI=1S/C20H24N4O2/c1-15-12-19-22-13-17(14-24(19)23-15)4-3-11-21-20(25)10-7-16-5-8-18(26-2)9-6-16/h5-6,8-9,12-14H,3-4,7,10-11H2,1-2H3,(H,21,25). The quantitative estimate of drug-likeness (QED) is 0.633. The topological polar surface area (TPSA) is 68.5 Å². The number of carbonyl (C=O) groups is 1. The van der Waals surface area contributed by atoms with Crippen molar-refractivity contribution in [2.45, 2.75) is 32.6 Å². The highest BCUT2D eigenvalue weighted by molar-refractivity contribution is 5.76. The normalized spacial score (nSPS) is 10.8. The van der Waals surface area contributed by atoms with E-state index in [4.69, 9.17) is 4.74 Å². The SMILES string of the molecule is COc1ccc(CCC(=O)NCCCc2cnc3cc(C)nn3c2)cc1. The molecule has 26 heavy (non-hydrogen) atoms. The smallest absolute Gasteiger partial charge is 0.220 e. The van der Waals surface area contributed by atoms with E-state index in [1.165, 1.54) is 0 Å². The van der Waals surface area contributed by atoms with Gasteiger partial charge in [-0.05, 0) is 49.4 Å². The predicted octanol–water partition coefficient (Wildman–Crippen LogP) is 2.73. The number of aryl methyl sites for hydroxylation is 3. The molecule has 1 N–H and O–H groups in total. The molecule has 1 amide bonds. The van der Waals surface area contributed by atoms with Gasteiger partial charge in [0.05, 0.1) is 12.8 Å². The van der Waals surface area contributed by atoms with Crippen molar-refractivity contribution in [3.8, 4) is 5.75 Å². The Labute approximate surface area is 153 Å². The fourth-order valence-corrected chi connectivity index (χ4v) is 2.82. The van der Waals surface area contributed by atoms with Gasteiger partial charge in [0, 0.05) is 31.4 Å². The van der Waals surface area contributed by atoms with Crippen molar-refractivity contribution >= 4 is 11.6 Å². The molecule has 136 valence electrons. The summed E-state index contributed by atoms with van der Waals surface area (Å²) >= 11 is 0. The van der Waals surface area contributed by atoms with Crippen LogP contribution in [0.15, 0.2) is 42.7 Å². The molecule has 0 fully saturated rings. The van der Waals surface area contributed by atoms with Gasteiger partial charge >= 0.3 is 0 Å². The average Bonchev–Trinajstić information content (AvgIpc) is 3.03. The van der Waals surface area contributed by atoms with E-state index in [0.29, 0.717) is 13.0 Å². The third-order valence-electron chi connectivity index (χ3n) is 4.25. The van der Waals surface area contributed by atoms with E-state index < -0.39 is 0 Å². The fourth-order valence-electron chi connectivity index (χ4n) is 2.82. The fraction of sp³-hybridized carbons (Fsp3) is 0.350. The van der Waals surface area contributed by atoms with Gasteiger partial charge in [-0.3, -0.25) is 4.79 Å². The van der Waals surface area contributed by atoms with Crippen LogP contribution in [0.3, 0.4) is 0 Å². The maximum absolute atomic E-state index is 12.0. The van der Waals surface area contributed by atoms with E-state index in [9.17, 15) is 4.79 Å². The van der Waals surface area contributed by atoms with Gasteiger partial charge in [-0.1, -0.05) is 12.1 Å². The zero-order chi connectivity index (χ0) is 18.4. The minimum atomic E-state index is 0.0806. The average molecular weight is 352 g/mol. The van der Waals surface area contributed by atoms with Gasteiger partial charge in [-0.2, -0.15) is 5.10 Å². The van der Waals surface area contributed by atoms with Crippen LogP contribution in [-0.2, 0) is 17.6 Å². The number of methoxy groups -OCH3 is 1. The first-order valence-electron chi connectivity index (χ1n) is 8.84. The number of ether oxygens (including phenoxy) is 1. The maximum atomic E-state index is 12.0. The van der Waals surface area contributed by atoms with E-state index in [1.54, 1.807) is 11.6 Å². The molecule has 0 spiro atoms. The van der Waals surface area contributed by atoms with Crippen LogP contribution in [0.1, 0.15) is 29.7 Å². The van der Waals surface area contributed by atoms with E-state index in [-0.39, 0.29) is 5.91 Å². The highest BCUT2D eigenvalue weighted by atomic mass is 16.5. The Bertz CT molecular complexity index is 871. The molecule has 6 heteroatoms. The van der Waals surface area contributed by atoms with Crippen LogP contribution in [0.25, 0.3) is 5.65 Å². The number of carbonyl (C=O) groups excluding carboxylic acids is 1. The molecule has 2 heterocycles. The second-order valence-corrected chi connectivity index (χ2v) is 6.35. The van der Waals surface area contributed by atoms with Gasteiger partial charge < -0.3 is 10.1 Å². The Morgan fingerprint density at radius 2 is 2.00 bits per heavy atom. The summed E-state index contributed by atoms with van der Waals surface area (Å²) in [6.45, 7) is 2.62. The van der Waals surface area contributed by atoms with Crippen molar-refractivity contribution < 1.29 is 9.53 Å². The van der Waals surface area contributed by atoms with Gasteiger partial charge in [0.25, 0.3) is 0 Å². The molecule has 0 saturated carbocycles. The first-order chi connectivity index (χ1) is 12.6. The molecule has 0 unspecified atom stereocenters. The second-order valence-electron chi connectivity index (χ2n) is 6.35. The Balaban J connectivity index is 1.37. The van der Waals surface area contributed by atoms with Crippen LogP contribution >= 0.6 is 0 Å². The first kappa shape index (κ1) is 17.9. The van der Waals surface area contributed by atoms with Crippen LogP contribution < -0.4 is 10.1 Å². The summed E-state index contributed by atoms with van der Waals surface area (Å²) in [7, 11) is 1.65. The molecule has 2 aromatic heterocycles. The third kappa shape index (κ3) is 4.81. The second kappa shape index (κ2) is 8.47. The van der Waals surface area contributed by atoms with E-state index in [1.807, 2.05) is 49.6 Å². The Kier molecular flexibility index (Phi) is 5.84. The number of hydrogen-bond acceptors (Lipinski definition) is 4. The monoisotopic (exact) mass is 352 g/mol. The van der Waals surface area contributed by atoms with Crippen LogP contribution in [0.4, 0.5) is 0 Å². The van der Waals surface area contributed by atoms with Gasteiger partial charge in [0.15, 0.2) is 5.65 Å². The van der Waals surface area contributed by atoms with E-state index >= 15 is 0 Å². The first-order valence-corrected chi connectivity index (χ1v) is 8.84. The number of amides is 1.